The maximum atomic E-state index is 9.99. The topological polar surface area (TPSA) is 41.5 Å². The number of hydrogen-bond acceptors (Lipinski definition) is 3. The lowest BCUT2D eigenvalue weighted by Crippen LogP contribution is -2.26. The van der Waals surface area contributed by atoms with E-state index in [9.17, 15) is 5.11 Å². The Bertz CT molecular complexity index is 584. The first-order valence-corrected chi connectivity index (χ1v) is 7.71. The van der Waals surface area contributed by atoms with Crippen LogP contribution < -0.4 is 10.1 Å². The number of ether oxygens (including phenoxy) is 1. The summed E-state index contributed by atoms with van der Waals surface area (Å²) in [5.41, 5.74) is 3.42. The summed E-state index contributed by atoms with van der Waals surface area (Å²) in [6, 6.07) is 13.8. The van der Waals surface area contributed by atoms with Crippen LogP contribution in [0.25, 0.3) is 0 Å². The molecule has 2 rings (SSSR count). The van der Waals surface area contributed by atoms with Crippen LogP contribution in [0.15, 0.2) is 46.9 Å². The number of nitrogens with one attached hydrogen (secondary N) is 1. The summed E-state index contributed by atoms with van der Waals surface area (Å²) < 4.78 is 6.56. The van der Waals surface area contributed by atoms with Gasteiger partial charge < -0.3 is 15.2 Å². The second kappa shape index (κ2) is 7.48. The molecule has 0 saturated carbocycles. The van der Waals surface area contributed by atoms with Crippen LogP contribution in [0, 0.1) is 13.8 Å². The van der Waals surface area contributed by atoms with E-state index in [0.29, 0.717) is 6.54 Å². The molecule has 2 aromatic carbocycles. The largest absolute Gasteiger partial charge is 0.491 e. The third-order valence-electron chi connectivity index (χ3n) is 3.18. The minimum atomic E-state index is -0.562. The predicted molar refractivity (Wildman–Crippen MR) is 90.0 cm³/mol. The number of rotatable bonds is 6. The highest BCUT2D eigenvalue weighted by Gasteiger charge is 2.06. The zero-order valence-electron chi connectivity index (χ0n) is 12.3. The second-order valence-corrected chi connectivity index (χ2v) is 6.03. The molecule has 2 aromatic rings. The van der Waals surface area contributed by atoms with Crippen molar-refractivity contribution in [2.75, 3.05) is 18.5 Å². The third-order valence-corrected chi connectivity index (χ3v) is 3.71. The average Bonchev–Trinajstić information content (AvgIpc) is 2.47. The van der Waals surface area contributed by atoms with E-state index in [4.69, 9.17) is 4.74 Å². The third kappa shape index (κ3) is 5.06. The van der Waals surface area contributed by atoms with Crippen molar-refractivity contribution in [3.63, 3.8) is 0 Å². The van der Waals surface area contributed by atoms with Crippen molar-refractivity contribution in [1.29, 1.82) is 0 Å². The summed E-state index contributed by atoms with van der Waals surface area (Å²) in [7, 11) is 0. The maximum absolute atomic E-state index is 9.99. The molecule has 0 fully saturated rings. The summed E-state index contributed by atoms with van der Waals surface area (Å²) in [6.07, 6.45) is -0.562. The first kappa shape index (κ1) is 15.9. The minimum absolute atomic E-state index is 0.263. The molecule has 112 valence electrons. The van der Waals surface area contributed by atoms with Gasteiger partial charge in [-0.25, -0.2) is 0 Å². The Balaban J connectivity index is 1.80. The number of anilines is 1. The Morgan fingerprint density at radius 1 is 1.14 bits per heavy atom. The number of aliphatic hydroxyl groups is 1. The zero-order valence-corrected chi connectivity index (χ0v) is 13.9. The highest BCUT2D eigenvalue weighted by molar-refractivity contribution is 9.10. The number of halogens is 1. The standard InChI is InChI=1S/C17H20BrNO2/c1-12-3-4-13(2)17(9-12)19-10-15(20)11-21-16-7-5-14(18)6-8-16/h3-9,15,19-20H,10-11H2,1-2H3. The van der Waals surface area contributed by atoms with Crippen molar-refractivity contribution in [2.24, 2.45) is 0 Å². The van der Waals surface area contributed by atoms with Gasteiger partial charge in [0.25, 0.3) is 0 Å². The Morgan fingerprint density at radius 3 is 2.57 bits per heavy atom. The maximum Gasteiger partial charge on any atom is 0.119 e. The van der Waals surface area contributed by atoms with Gasteiger partial charge in [-0.1, -0.05) is 28.1 Å². The first-order chi connectivity index (χ1) is 10.0. The van der Waals surface area contributed by atoms with Crippen molar-refractivity contribution in [3.05, 3.63) is 58.1 Å². The molecule has 0 radical (unpaired) electrons. The van der Waals surface area contributed by atoms with Gasteiger partial charge in [0.2, 0.25) is 0 Å². The van der Waals surface area contributed by atoms with Gasteiger partial charge in [-0.2, -0.15) is 0 Å². The van der Waals surface area contributed by atoms with Crippen molar-refractivity contribution in [1.82, 2.24) is 0 Å². The lowest BCUT2D eigenvalue weighted by Gasteiger charge is -2.15. The van der Waals surface area contributed by atoms with E-state index in [0.717, 1.165) is 15.9 Å². The van der Waals surface area contributed by atoms with Gasteiger partial charge in [-0.3, -0.25) is 0 Å². The molecular formula is C17H20BrNO2. The molecule has 0 bridgehead atoms. The van der Waals surface area contributed by atoms with Crippen molar-refractivity contribution >= 4 is 21.6 Å². The highest BCUT2D eigenvalue weighted by Crippen LogP contribution is 2.17. The molecular weight excluding hydrogens is 330 g/mol. The highest BCUT2D eigenvalue weighted by atomic mass is 79.9. The van der Waals surface area contributed by atoms with E-state index < -0.39 is 6.10 Å². The summed E-state index contributed by atoms with van der Waals surface area (Å²) in [5.74, 6) is 0.754. The molecule has 0 spiro atoms. The minimum Gasteiger partial charge on any atom is -0.491 e. The SMILES string of the molecule is Cc1ccc(C)c(NCC(O)COc2ccc(Br)cc2)c1. The van der Waals surface area contributed by atoms with E-state index in [1.54, 1.807) is 0 Å². The van der Waals surface area contributed by atoms with Crippen LogP contribution in [0.4, 0.5) is 5.69 Å². The molecule has 1 unspecified atom stereocenters. The molecule has 2 N–H and O–H groups in total. The van der Waals surface area contributed by atoms with Gasteiger partial charge >= 0.3 is 0 Å². The molecule has 0 aliphatic heterocycles. The van der Waals surface area contributed by atoms with Gasteiger partial charge in [0, 0.05) is 16.7 Å². The molecule has 0 aliphatic rings. The Labute approximate surface area is 134 Å². The fraction of sp³-hybridized carbons (Fsp3) is 0.294. The van der Waals surface area contributed by atoms with E-state index in [-0.39, 0.29) is 6.61 Å². The number of aliphatic hydroxyl groups excluding tert-OH is 1. The fourth-order valence-corrected chi connectivity index (χ4v) is 2.20. The average molecular weight is 350 g/mol. The molecule has 0 saturated heterocycles. The van der Waals surface area contributed by atoms with Crippen molar-refractivity contribution in [2.45, 2.75) is 20.0 Å². The number of aryl methyl sites for hydroxylation is 2. The van der Waals surface area contributed by atoms with Gasteiger partial charge in [0.15, 0.2) is 0 Å². The molecule has 0 heterocycles. The fourth-order valence-electron chi connectivity index (χ4n) is 1.94. The smallest absolute Gasteiger partial charge is 0.119 e. The first-order valence-electron chi connectivity index (χ1n) is 6.92. The predicted octanol–water partition coefficient (Wildman–Crippen LogP) is 3.92. The van der Waals surface area contributed by atoms with Crippen LogP contribution in [0.3, 0.4) is 0 Å². The second-order valence-electron chi connectivity index (χ2n) is 5.12. The van der Waals surface area contributed by atoms with Crippen LogP contribution in [0.1, 0.15) is 11.1 Å². The summed E-state index contributed by atoms with van der Waals surface area (Å²) >= 11 is 3.37. The summed E-state index contributed by atoms with van der Waals surface area (Å²) in [6.45, 7) is 4.82. The number of hydrogen-bond donors (Lipinski definition) is 2. The lowest BCUT2D eigenvalue weighted by molar-refractivity contribution is 0.117. The van der Waals surface area contributed by atoms with Crippen LogP contribution in [-0.2, 0) is 0 Å². The Kier molecular flexibility index (Phi) is 5.65. The van der Waals surface area contributed by atoms with E-state index >= 15 is 0 Å². The van der Waals surface area contributed by atoms with Gasteiger partial charge in [0.05, 0.1) is 0 Å². The van der Waals surface area contributed by atoms with Gasteiger partial charge in [-0.15, -0.1) is 0 Å². The molecule has 0 aromatic heterocycles. The Morgan fingerprint density at radius 2 is 1.86 bits per heavy atom. The van der Waals surface area contributed by atoms with E-state index in [1.165, 1.54) is 11.1 Å². The summed E-state index contributed by atoms with van der Waals surface area (Å²) in [5, 5.41) is 13.3. The van der Waals surface area contributed by atoms with Crippen molar-refractivity contribution < 1.29 is 9.84 Å². The monoisotopic (exact) mass is 349 g/mol. The quantitative estimate of drug-likeness (QED) is 0.830. The molecule has 4 heteroatoms. The van der Waals surface area contributed by atoms with Gasteiger partial charge in [-0.05, 0) is 55.3 Å². The van der Waals surface area contributed by atoms with Crippen LogP contribution in [-0.4, -0.2) is 24.4 Å². The Hall–Kier alpha value is -1.52. The molecule has 0 amide bonds. The van der Waals surface area contributed by atoms with Crippen molar-refractivity contribution in [3.8, 4) is 5.75 Å². The van der Waals surface area contributed by atoms with E-state index in [1.807, 2.05) is 31.2 Å². The molecule has 1 atom stereocenters. The lowest BCUT2D eigenvalue weighted by atomic mass is 10.1. The van der Waals surface area contributed by atoms with Crippen LogP contribution in [0.2, 0.25) is 0 Å². The molecule has 0 aliphatic carbocycles. The molecule has 3 nitrogen and oxygen atoms in total. The normalized spacial score (nSPS) is 12.0. The van der Waals surface area contributed by atoms with Gasteiger partial charge in [0.1, 0.15) is 18.5 Å². The number of benzene rings is 2. The van der Waals surface area contributed by atoms with E-state index in [2.05, 4.69) is 46.4 Å². The molecule has 21 heavy (non-hydrogen) atoms. The zero-order chi connectivity index (χ0) is 15.2. The van der Waals surface area contributed by atoms with Crippen LogP contribution >= 0.6 is 15.9 Å². The van der Waals surface area contributed by atoms with Crippen LogP contribution in [0.5, 0.6) is 5.75 Å². The summed E-state index contributed by atoms with van der Waals surface area (Å²) in [4.78, 5) is 0.